The molecule has 1 heterocycles. The number of carbonyl (C=O) groups is 1. The Morgan fingerprint density at radius 1 is 1.29 bits per heavy atom. The van der Waals surface area contributed by atoms with Crippen LogP contribution >= 0.6 is 15.9 Å². The first-order valence-electron chi connectivity index (χ1n) is 4.93. The zero-order chi connectivity index (χ0) is 12.3. The van der Waals surface area contributed by atoms with Gasteiger partial charge >= 0.3 is 0 Å². The number of nitrogens with zero attached hydrogens (tertiary/aromatic N) is 1. The molecule has 0 fully saturated rings. The Balaban J connectivity index is 2.17. The summed E-state index contributed by atoms with van der Waals surface area (Å²) in [7, 11) is 0. The molecule has 4 nitrogen and oxygen atoms in total. The molecule has 0 spiro atoms. The smallest absolute Gasteiger partial charge is 0.255 e. The van der Waals surface area contributed by atoms with E-state index in [1.54, 1.807) is 36.5 Å². The molecule has 0 aliphatic rings. The molecule has 17 heavy (non-hydrogen) atoms. The molecule has 0 atom stereocenters. The minimum atomic E-state index is -0.183. The zero-order valence-corrected chi connectivity index (χ0v) is 10.4. The summed E-state index contributed by atoms with van der Waals surface area (Å²) < 4.78 is 0.861. The molecule has 0 unspecified atom stereocenters. The minimum absolute atomic E-state index is 0.183. The first kappa shape index (κ1) is 11.6. The van der Waals surface area contributed by atoms with Crippen molar-refractivity contribution < 1.29 is 4.79 Å². The van der Waals surface area contributed by atoms with Crippen LogP contribution in [0.25, 0.3) is 0 Å². The summed E-state index contributed by atoms with van der Waals surface area (Å²) in [5.74, 6) is 0.189. The van der Waals surface area contributed by atoms with E-state index in [9.17, 15) is 4.79 Å². The van der Waals surface area contributed by atoms with Gasteiger partial charge in [0.05, 0.1) is 0 Å². The topological polar surface area (TPSA) is 68.0 Å². The first-order chi connectivity index (χ1) is 8.15. The minimum Gasteiger partial charge on any atom is -0.384 e. The van der Waals surface area contributed by atoms with Crippen molar-refractivity contribution in [2.45, 2.75) is 0 Å². The fourth-order valence-electron chi connectivity index (χ4n) is 1.36. The number of pyridine rings is 1. The highest BCUT2D eigenvalue weighted by molar-refractivity contribution is 9.10. The molecule has 0 radical (unpaired) electrons. The Bertz CT molecular complexity index is 557. The summed E-state index contributed by atoms with van der Waals surface area (Å²) in [6.45, 7) is 0. The van der Waals surface area contributed by atoms with Crippen LogP contribution in [0, 0.1) is 0 Å². The molecule has 0 saturated carbocycles. The fraction of sp³-hybridized carbons (Fsp3) is 0. The van der Waals surface area contributed by atoms with Gasteiger partial charge in [-0.15, -0.1) is 0 Å². The van der Waals surface area contributed by atoms with Crippen LogP contribution in [0.1, 0.15) is 10.4 Å². The summed E-state index contributed by atoms with van der Waals surface area (Å²) in [5.41, 5.74) is 6.73. The molecule has 0 aliphatic heterocycles. The van der Waals surface area contributed by atoms with E-state index in [0.717, 1.165) is 4.47 Å². The Labute approximate surface area is 107 Å². The van der Waals surface area contributed by atoms with E-state index >= 15 is 0 Å². The van der Waals surface area contributed by atoms with Gasteiger partial charge in [-0.2, -0.15) is 0 Å². The van der Waals surface area contributed by atoms with Gasteiger partial charge in [0.15, 0.2) is 0 Å². The molecule has 2 aromatic rings. The van der Waals surface area contributed by atoms with Crippen molar-refractivity contribution in [1.82, 2.24) is 4.98 Å². The summed E-state index contributed by atoms with van der Waals surface area (Å²) >= 11 is 3.32. The standard InChI is InChI=1S/C12H10BrN3O/c13-9-3-1-2-8(6-9)12(17)16-10-4-5-15-11(14)7-10/h1-7H,(H3,14,15,16,17). The van der Waals surface area contributed by atoms with Gasteiger partial charge in [-0.25, -0.2) is 4.98 Å². The van der Waals surface area contributed by atoms with Crippen molar-refractivity contribution in [3.05, 3.63) is 52.6 Å². The van der Waals surface area contributed by atoms with Gasteiger partial charge in [0, 0.05) is 28.0 Å². The number of amides is 1. The lowest BCUT2D eigenvalue weighted by atomic mass is 10.2. The highest BCUT2D eigenvalue weighted by atomic mass is 79.9. The monoisotopic (exact) mass is 291 g/mol. The Kier molecular flexibility index (Phi) is 3.39. The van der Waals surface area contributed by atoms with Crippen LogP contribution in [0.3, 0.4) is 0 Å². The van der Waals surface area contributed by atoms with Crippen molar-refractivity contribution in [3.63, 3.8) is 0 Å². The van der Waals surface area contributed by atoms with E-state index in [1.807, 2.05) is 6.07 Å². The van der Waals surface area contributed by atoms with Gasteiger partial charge < -0.3 is 11.1 Å². The van der Waals surface area contributed by atoms with Crippen molar-refractivity contribution >= 4 is 33.3 Å². The Hall–Kier alpha value is -1.88. The van der Waals surface area contributed by atoms with E-state index < -0.39 is 0 Å². The molecule has 1 amide bonds. The summed E-state index contributed by atoms with van der Waals surface area (Å²) in [6, 6.07) is 10.5. The molecule has 0 bridgehead atoms. The highest BCUT2D eigenvalue weighted by Crippen LogP contribution is 2.14. The van der Waals surface area contributed by atoms with E-state index in [4.69, 9.17) is 5.73 Å². The van der Waals surface area contributed by atoms with Crippen LogP contribution < -0.4 is 11.1 Å². The molecular formula is C12H10BrN3O. The number of benzene rings is 1. The predicted octanol–water partition coefficient (Wildman–Crippen LogP) is 2.68. The average molecular weight is 292 g/mol. The Morgan fingerprint density at radius 2 is 2.12 bits per heavy atom. The molecule has 2 rings (SSSR count). The van der Waals surface area contributed by atoms with Gasteiger partial charge in [0.25, 0.3) is 5.91 Å². The molecule has 0 saturated heterocycles. The van der Waals surface area contributed by atoms with Crippen LogP contribution in [-0.2, 0) is 0 Å². The van der Waals surface area contributed by atoms with Crippen molar-refractivity contribution in [2.24, 2.45) is 0 Å². The number of halogens is 1. The molecule has 0 aliphatic carbocycles. The predicted molar refractivity (Wildman–Crippen MR) is 70.7 cm³/mol. The summed E-state index contributed by atoms with van der Waals surface area (Å²) in [5, 5.41) is 2.75. The Morgan fingerprint density at radius 3 is 2.82 bits per heavy atom. The number of nitrogens with two attached hydrogens (primary N) is 1. The van der Waals surface area contributed by atoms with Gasteiger partial charge in [0.2, 0.25) is 0 Å². The lowest BCUT2D eigenvalue weighted by molar-refractivity contribution is 0.102. The van der Waals surface area contributed by atoms with Crippen LogP contribution in [0.2, 0.25) is 0 Å². The lowest BCUT2D eigenvalue weighted by Crippen LogP contribution is -2.12. The molecule has 1 aromatic heterocycles. The quantitative estimate of drug-likeness (QED) is 0.894. The van der Waals surface area contributed by atoms with Crippen LogP contribution in [0.15, 0.2) is 47.1 Å². The lowest BCUT2D eigenvalue weighted by Gasteiger charge is -2.05. The highest BCUT2D eigenvalue weighted by Gasteiger charge is 2.06. The number of hydrogen-bond acceptors (Lipinski definition) is 3. The maximum absolute atomic E-state index is 11.9. The molecular weight excluding hydrogens is 282 g/mol. The van der Waals surface area contributed by atoms with E-state index in [1.165, 1.54) is 0 Å². The molecule has 1 aromatic carbocycles. The number of nitrogen functional groups attached to an aromatic ring is 1. The second kappa shape index (κ2) is 4.97. The summed E-state index contributed by atoms with van der Waals surface area (Å²) in [6.07, 6.45) is 1.55. The van der Waals surface area contributed by atoms with Gasteiger partial charge in [-0.3, -0.25) is 4.79 Å². The second-order valence-corrected chi connectivity index (χ2v) is 4.35. The van der Waals surface area contributed by atoms with Crippen molar-refractivity contribution in [1.29, 1.82) is 0 Å². The fourth-order valence-corrected chi connectivity index (χ4v) is 1.76. The number of anilines is 2. The van der Waals surface area contributed by atoms with Crippen LogP contribution in [0.4, 0.5) is 11.5 Å². The molecule has 86 valence electrons. The van der Waals surface area contributed by atoms with Crippen molar-refractivity contribution in [3.8, 4) is 0 Å². The van der Waals surface area contributed by atoms with Gasteiger partial charge in [-0.1, -0.05) is 22.0 Å². The van der Waals surface area contributed by atoms with Gasteiger partial charge in [0.1, 0.15) is 5.82 Å². The summed E-state index contributed by atoms with van der Waals surface area (Å²) in [4.78, 5) is 15.7. The van der Waals surface area contributed by atoms with Crippen molar-refractivity contribution in [2.75, 3.05) is 11.1 Å². The van der Waals surface area contributed by atoms with E-state index in [2.05, 4.69) is 26.2 Å². The van der Waals surface area contributed by atoms with E-state index in [0.29, 0.717) is 17.1 Å². The van der Waals surface area contributed by atoms with Crippen LogP contribution in [0.5, 0.6) is 0 Å². The first-order valence-corrected chi connectivity index (χ1v) is 5.73. The second-order valence-electron chi connectivity index (χ2n) is 3.43. The third-order valence-electron chi connectivity index (χ3n) is 2.13. The number of nitrogens with one attached hydrogen (secondary N) is 1. The maximum Gasteiger partial charge on any atom is 0.255 e. The number of aromatic nitrogens is 1. The zero-order valence-electron chi connectivity index (χ0n) is 8.85. The normalized spacial score (nSPS) is 9.94. The van der Waals surface area contributed by atoms with E-state index in [-0.39, 0.29) is 5.91 Å². The average Bonchev–Trinajstić information content (AvgIpc) is 2.29. The van der Waals surface area contributed by atoms with Gasteiger partial charge in [-0.05, 0) is 24.3 Å². The number of carbonyl (C=O) groups excluding carboxylic acids is 1. The third-order valence-corrected chi connectivity index (χ3v) is 2.62. The third kappa shape index (κ3) is 3.04. The largest absolute Gasteiger partial charge is 0.384 e. The SMILES string of the molecule is Nc1cc(NC(=O)c2cccc(Br)c2)ccn1. The number of hydrogen-bond donors (Lipinski definition) is 2. The molecule has 3 N–H and O–H groups in total. The number of rotatable bonds is 2. The van der Waals surface area contributed by atoms with Crippen LogP contribution in [-0.4, -0.2) is 10.9 Å². The maximum atomic E-state index is 11.9. The molecule has 5 heteroatoms.